The highest BCUT2D eigenvalue weighted by Gasteiger charge is 2.20. The molecule has 2 aromatic carbocycles. The molecule has 23 heavy (non-hydrogen) atoms. The van der Waals surface area contributed by atoms with Crippen molar-refractivity contribution in [1.82, 2.24) is 4.98 Å². The zero-order valence-corrected chi connectivity index (χ0v) is 13.7. The Balaban J connectivity index is 2.01. The minimum absolute atomic E-state index is 0.0272. The lowest BCUT2D eigenvalue weighted by Crippen LogP contribution is -2.14. The smallest absolute Gasteiger partial charge is 0.265 e. The van der Waals surface area contributed by atoms with Gasteiger partial charge < -0.3 is 4.74 Å². The SMILES string of the molecule is COc1ccc(Cl)cc1S(=O)(=O)Nc1cnc2ccccc2c1. The van der Waals surface area contributed by atoms with E-state index in [-0.39, 0.29) is 10.6 Å². The minimum atomic E-state index is -3.85. The minimum Gasteiger partial charge on any atom is -0.495 e. The fourth-order valence-corrected chi connectivity index (χ4v) is 3.66. The Hall–Kier alpha value is -2.31. The number of hydrogen-bond acceptors (Lipinski definition) is 4. The van der Waals surface area contributed by atoms with Gasteiger partial charge in [-0.25, -0.2) is 8.42 Å². The Morgan fingerprint density at radius 3 is 2.70 bits per heavy atom. The van der Waals surface area contributed by atoms with Crippen LogP contribution < -0.4 is 9.46 Å². The Morgan fingerprint density at radius 2 is 1.91 bits per heavy atom. The molecular weight excluding hydrogens is 336 g/mol. The topological polar surface area (TPSA) is 68.3 Å². The van der Waals surface area contributed by atoms with Crippen molar-refractivity contribution < 1.29 is 13.2 Å². The Morgan fingerprint density at radius 1 is 1.13 bits per heavy atom. The van der Waals surface area contributed by atoms with Gasteiger partial charge in [-0.1, -0.05) is 29.8 Å². The van der Waals surface area contributed by atoms with E-state index in [1.54, 1.807) is 12.1 Å². The van der Waals surface area contributed by atoms with Gasteiger partial charge in [-0.05, 0) is 30.3 Å². The standard InChI is InChI=1S/C16H13ClN2O3S/c1-22-15-7-6-12(17)9-16(15)23(20,21)19-13-8-11-4-2-3-5-14(11)18-10-13/h2-10,19H,1H3. The van der Waals surface area contributed by atoms with Crippen LogP contribution in [0.5, 0.6) is 5.75 Å². The summed E-state index contributed by atoms with van der Waals surface area (Å²) in [4.78, 5) is 4.21. The number of aromatic nitrogens is 1. The average molecular weight is 349 g/mol. The van der Waals surface area contributed by atoms with Crippen molar-refractivity contribution in [1.29, 1.82) is 0 Å². The molecule has 118 valence electrons. The molecule has 0 aliphatic rings. The molecule has 0 aliphatic carbocycles. The molecule has 3 aromatic rings. The molecule has 0 aliphatic heterocycles. The summed E-state index contributed by atoms with van der Waals surface area (Å²) in [6, 6.07) is 13.6. The van der Waals surface area contributed by atoms with Gasteiger partial charge in [-0.15, -0.1) is 0 Å². The number of hydrogen-bond donors (Lipinski definition) is 1. The molecule has 0 unspecified atom stereocenters. The maximum absolute atomic E-state index is 12.6. The first-order valence-corrected chi connectivity index (χ1v) is 8.57. The largest absolute Gasteiger partial charge is 0.495 e. The molecule has 1 N–H and O–H groups in total. The van der Waals surface area contributed by atoms with Crippen molar-refractivity contribution in [2.75, 3.05) is 11.8 Å². The number of benzene rings is 2. The maximum Gasteiger partial charge on any atom is 0.265 e. The van der Waals surface area contributed by atoms with E-state index in [1.807, 2.05) is 24.3 Å². The number of halogens is 1. The molecule has 0 spiro atoms. The third kappa shape index (κ3) is 3.23. The third-order valence-electron chi connectivity index (χ3n) is 3.26. The molecule has 7 heteroatoms. The van der Waals surface area contributed by atoms with Crippen LogP contribution in [0.25, 0.3) is 10.9 Å². The van der Waals surface area contributed by atoms with Gasteiger partial charge >= 0.3 is 0 Å². The second-order valence-corrected chi connectivity index (χ2v) is 6.90. The highest BCUT2D eigenvalue weighted by Crippen LogP contribution is 2.29. The van der Waals surface area contributed by atoms with Crippen LogP contribution in [0.2, 0.25) is 5.02 Å². The number of pyridine rings is 1. The fourth-order valence-electron chi connectivity index (χ4n) is 2.20. The van der Waals surface area contributed by atoms with E-state index >= 15 is 0 Å². The molecule has 1 aromatic heterocycles. The lowest BCUT2D eigenvalue weighted by Gasteiger charge is -2.12. The predicted molar refractivity (Wildman–Crippen MR) is 90.6 cm³/mol. The van der Waals surface area contributed by atoms with Gasteiger partial charge in [0.15, 0.2) is 0 Å². The van der Waals surface area contributed by atoms with E-state index in [2.05, 4.69) is 9.71 Å². The van der Waals surface area contributed by atoms with Crippen LogP contribution in [0.3, 0.4) is 0 Å². The van der Waals surface area contributed by atoms with Crippen LogP contribution in [0, 0.1) is 0 Å². The molecule has 0 fully saturated rings. The molecule has 5 nitrogen and oxygen atoms in total. The van der Waals surface area contributed by atoms with Crippen LogP contribution in [0.15, 0.2) is 59.6 Å². The number of para-hydroxylation sites is 1. The number of nitrogens with one attached hydrogen (secondary N) is 1. The van der Waals surface area contributed by atoms with Crippen LogP contribution in [-0.4, -0.2) is 20.5 Å². The van der Waals surface area contributed by atoms with Crippen LogP contribution in [0.4, 0.5) is 5.69 Å². The monoisotopic (exact) mass is 348 g/mol. The highest BCUT2D eigenvalue weighted by molar-refractivity contribution is 7.92. The molecule has 0 saturated carbocycles. The number of rotatable bonds is 4. The predicted octanol–water partition coefficient (Wildman–Crippen LogP) is 3.70. The number of sulfonamides is 1. The number of anilines is 1. The lowest BCUT2D eigenvalue weighted by molar-refractivity contribution is 0.403. The average Bonchev–Trinajstić information content (AvgIpc) is 2.54. The summed E-state index contributed by atoms with van der Waals surface area (Å²) in [5, 5.41) is 1.15. The molecule has 0 bridgehead atoms. The number of nitrogens with zero attached hydrogens (tertiary/aromatic N) is 1. The zero-order valence-electron chi connectivity index (χ0n) is 12.2. The molecule has 0 radical (unpaired) electrons. The molecule has 0 saturated heterocycles. The van der Waals surface area contributed by atoms with E-state index in [4.69, 9.17) is 16.3 Å². The van der Waals surface area contributed by atoms with Gasteiger partial charge in [-0.2, -0.15) is 0 Å². The Kier molecular flexibility index (Phi) is 4.11. The van der Waals surface area contributed by atoms with Gasteiger partial charge in [-0.3, -0.25) is 9.71 Å². The van der Waals surface area contributed by atoms with Crippen molar-refractivity contribution in [3.63, 3.8) is 0 Å². The summed E-state index contributed by atoms with van der Waals surface area (Å²) in [5.74, 6) is 0.218. The van der Waals surface area contributed by atoms with Crippen LogP contribution in [0.1, 0.15) is 0 Å². The molecule has 0 amide bonds. The van der Waals surface area contributed by atoms with Gasteiger partial charge in [0.1, 0.15) is 10.6 Å². The first kappa shape index (κ1) is 15.6. The van der Waals surface area contributed by atoms with Crippen LogP contribution >= 0.6 is 11.6 Å². The van der Waals surface area contributed by atoms with Gasteiger partial charge in [0.2, 0.25) is 0 Å². The second kappa shape index (κ2) is 6.06. The summed E-state index contributed by atoms with van der Waals surface area (Å²) >= 11 is 5.90. The summed E-state index contributed by atoms with van der Waals surface area (Å²) in [6.45, 7) is 0. The maximum atomic E-state index is 12.6. The van der Waals surface area contributed by atoms with E-state index in [0.717, 1.165) is 10.9 Å². The lowest BCUT2D eigenvalue weighted by atomic mass is 10.2. The van der Waals surface area contributed by atoms with E-state index in [0.29, 0.717) is 10.7 Å². The molecule has 0 atom stereocenters. The van der Waals surface area contributed by atoms with E-state index in [1.165, 1.54) is 25.4 Å². The van der Waals surface area contributed by atoms with E-state index in [9.17, 15) is 8.42 Å². The summed E-state index contributed by atoms with van der Waals surface area (Å²) in [6.07, 6.45) is 1.47. The van der Waals surface area contributed by atoms with Crippen molar-refractivity contribution >= 4 is 38.2 Å². The van der Waals surface area contributed by atoms with Crippen molar-refractivity contribution in [2.24, 2.45) is 0 Å². The fraction of sp³-hybridized carbons (Fsp3) is 0.0625. The van der Waals surface area contributed by atoms with Gasteiger partial charge in [0.05, 0.1) is 24.5 Å². The van der Waals surface area contributed by atoms with Crippen molar-refractivity contribution in [3.8, 4) is 5.75 Å². The van der Waals surface area contributed by atoms with E-state index < -0.39 is 10.0 Å². The zero-order chi connectivity index (χ0) is 16.4. The van der Waals surface area contributed by atoms with Crippen LogP contribution in [-0.2, 0) is 10.0 Å². The summed E-state index contributed by atoms with van der Waals surface area (Å²) in [5.41, 5.74) is 1.15. The van der Waals surface area contributed by atoms with Gasteiger partial charge in [0.25, 0.3) is 10.0 Å². The Labute approximate surface area is 138 Å². The van der Waals surface area contributed by atoms with Crippen molar-refractivity contribution in [2.45, 2.75) is 4.90 Å². The number of ether oxygens (including phenoxy) is 1. The number of fused-ring (bicyclic) bond motifs is 1. The quantitative estimate of drug-likeness (QED) is 0.780. The third-order valence-corrected chi connectivity index (χ3v) is 4.90. The second-order valence-electron chi connectivity index (χ2n) is 4.82. The Bertz CT molecular complexity index is 974. The summed E-state index contributed by atoms with van der Waals surface area (Å²) in [7, 11) is -2.44. The van der Waals surface area contributed by atoms with Crippen molar-refractivity contribution in [3.05, 3.63) is 59.8 Å². The van der Waals surface area contributed by atoms with Gasteiger partial charge in [0, 0.05) is 10.4 Å². The number of methoxy groups -OCH3 is 1. The molecule has 3 rings (SSSR count). The first-order valence-electron chi connectivity index (χ1n) is 6.71. The summed E-state index contributed by atoms with van der Waals surface area (Å²) < 4.78 is 32.8. The highest BCUT2D eigenvalue weighted by atomic mass is 35.5. The molecule has 1 heterocycles. The first-order chi connectivity index (χ1) is 11.0. The molecular formula is C16H13ClN2O3S. The normalized spacial score (nSPS) is 11.4.